The summed E-state index contributed by atoms with van der Waals surface area (Å²) < 4.78 is 5.46. The van der Waals surface area contributed by atoms with Gasteiger partial charge < -0.3 is 10.1 Å². The van der Waals surface area contributed by atoms with Crippen LogP contribution >= 0.6 is 0 Å². The van der Waals surface area contributed by atoms with Crippen LogP contribution in [-0.4, -0.2) is 40.2 Å². The third-order valence-electron chi connectivity index (χ3n) is 5.69. The molecule has 0 aliphatic heterocycles. The van der Waals surface area contributed by atoms with Crippen LogP contribution in [0, 0.1) is 5.41 Å². The summed E-state index contributed by atoms with van der Waals surface area (Å²) in [5.74, 6) is -0.428. The van der Waals surface area contributed by atoms with Gasteiger partial charge in [-0.15, -0.1) is 0 Å². The van der Waals surface area contributed by atoms with Crippen molar-refractivity contribution in [2.75, 3.05) is 6.61 Å². The molecule has 0 spiro atoms. The lowest BCUT2D eigenvalue weighted by atomic mass is 9.90. The summed E-state index contributed by atoms with van der Waals surface area (Å²) in [6.07, 6.45) is 1.04. The lowest BCUT2D eigenvalue weighted by Gasteiger charge is -2.31. The zero-order chi connectivity index (χ0) is 22.4. The van der Waals surface area contributed by atoms with Crippen LogP contribution in [0.1, 0.15) is 38.8 Å². The highest BCUT2D eigenvalue weighted by Gasteiger charge is 2.49. The number of nitrogens with one attached hydrogen (secondary N) is 1. The Morgan fingerprint density at radius 1 is 1.03 bits per heavy atom. The molecule has 1 amide bonds. The summed E-state index contributed by atoms with van der Waals surface area (Å²) in [4.78, 5) is 26.0. The highest BCUT2D eigenvalue weighted by molar-refractivity contribution is 6.91. The van der Waals surface area contributed by atoms with Crippen molar-refractivity contribution in [1.29, 1.82) is 0 Å². The van der Waals surface area contributed by atoms with Gasteiger partial charge in [-0.25, -0.2) is 4.79 Å². The van der Waals surface area contributed by atoms with Gasteiger partial charge in [-0.05, 0) is 18.1 Å². The fourth-order valence-electron chi connectivity index (χ4n) is 3.85. The second-order valence-electron chi connectivity index (χ2n) is 11.5. The largest absolute Gasteiger partial charge is 0.464 e. The molecule has 4 nitrogen and oxygen atoms in total. The van der Waals surface area contributed by atoms with Crippen molar-refractivity contribution in [2.24, 2.45) is 5.41 Å². The Balaban J connectivity index is 2.63. The Bertz CT molecular complexity index is 813. The second-order valence-corrected chi connectivity index (χ2v) is 21.6. The predicted octanol–water partition coefficient (Wildman–Crippen LogP) is 3.34. The van der Waals surface area contributed by atoms with E-state index in [-0.39, 0.29) is 11.9 Å². The smallest absolute Gasteiger partial charge is 0.332 e. The first-order valence-electron chi connectivity index (χ1n) is 10.7. The normalized spacial score (nSPS) is 19.7. The fraction of sp³-hybridized carbons (Fsp3) is 0.652. The summed E-state index contributed by atoms with van der Waals surface area (Å²) >= 11 is 0. The van der Waals surface area contributed by atoms with Crippen molar-refractivity contribution in [3.8, 4) is 0 Å². The average Bonchev–Trinajstić information content (AvgIpc) is 2.90. The monoisotopic (exact) mass is 433 g/mol. The summed E-state index contributed by atoms with van der Waals surface area (Å²) in [5.41, 5.74) is 0.896. The average molecular weight is 434 g/mol. The Labute approximate surface area is 178 Å². The molecule has 1 aliphatic rings. The first-order chi connectivity index (χ1) is 13.0. The van der Waals surface area contributed by atoms with Gasteiger partial charge in [0.2, 0.25) is 5.91 Å². The molecule has 1 atom stereocenters. The maximum Gasteiger partial charge on any atom is 0.332 e. The molecule has 1 aromatic carbocycles. The van der Waals surface area contributed by atoms with E-state index in [1.54, 1.807) is 0 Å². The molecule has 0 radical (unpaired) electrons. The number of carbonyl (C=O) groups excluding carboxylic acids is 2. The molecule has 29 heavy (non-hydrogen) atoms. The second kappa shape index (κ2) is 7.69. The fourth-order valence-corrected chi connectivity index (χ4v) is 6.92. The zero-order valence-electron chi connectivity index (χ0n) is 20.0. The number of hydrogen-bond donors (Lipinski definition) is 1. The molecule has 1 aliphatic carbocycles. The third-order valence-corrected chi connectivity index (χ3v) is 9.77. The Hall–Kier alpha value is -1.41. The number of fused-ring (bicyclic) bond motifs is 1. The number of ether oxygens (including phenoxy) is 1. The summed E-state index contributed by atoms with van der Waals surface area (Å²) in [6, 6.07) is 4.71. The van der Waals surface area contributed by atoms with Crippen molar-refractivity contribution in [2.45, 2.75) is 85.4 Å². The van der Waals surface area contributed by atoms with Crippen LogP contribution in [0.15, 0.2) is 12.1 Å². The number of hydrogen-bond acceptors (Lipinski definition) is 3. The lowest BCUT2D eigenvalue weighted by molar-refractivity contribution is -0.154. The van der Waals surface area contributed by atoms with Crippen molar-refractivity contribution in [3.05, 3.63) is 23.3 Å². The number of rotatable bonds is 5. The van der Waals surface area contributed by atoms with E-state index < -0.39 is 27.1 Å². The lowest BCUT2D eigenvalue weighted by Crippen LogP contribution is -2.58. The van der Waals surface area contributed by atoms with E-state index in [9.17, 15) is 9.59 Å². The molecule has 6 heteroatoms. The van der Waals surface area contributed by atoms with E-state index in [4.69, 9.17) is 4.74 Å². The van der Waals surface area contributed by atoms with Crippen molar-refractivity contribution in [1.82, 2.24) is 5.32 Å². The minimum absolute atomic E-state index is 0.113. The van der Waals surface area contributed by atoms with Crippen LogP contribution < -0.4 is 15.7 Å². The highest BCUT2D eigenvalue weighted by Crippen LogP contribution is 2.33. The quantitative estimate of drug-likeness (QED) is 0.572. The summed E-state index contributed by atoms with van der Waals surface area (Å²) in [7, 11) is -3.15. The Morgan fingerprint density at radius 2 is 1.62 bits per heavy atom. The molecular weight excluding hydrogens is 394 g/mol. The topological polar surface area (TPSA) is 55.4 Å². The van der Waals surface area contributed by atoms with E-state index in [0.29, 0.717) is 19.4 Å². The maximum atomic E-state index is 13.1. The van der Waals surface area contributed by atoms with E-state index in [1.807, 2.05) is 27.7 Å². The number of carbonyl (C=O) groups is 2. The molecule has 0 saturated carbocycles. The first-order valence-corrected chi connectivity index (χ1v) is 17.7. The molecule has 0 fully saturated rings. The van der Waals surface area contributed by atoms with Crippen LogP contribution in [0.3, 0.4) is 0 Å². The third kappa shape index (κ3) is 5.02. The molecule has 162 valence electrons. The van der Waals surface area contributed by atoms with E-state index in [0.717, 1.165) is 0 Å². The molecule has 1 unspecified atom stereocenters. The number of amides is 1. The molecule has 1 aromatic rings. The SMILES string of the molecule is CCOC(=O)C1(NC(=O)C(C)(C)C)Cc2cc([Si](C)(C)C)cc([Si](C)(C)C)c2C1. The zero-order valence-corrected chi connectivity index (χ0v) is 22.0. The van der Waals surface area contributed by atoms with Crippen molar-refractivity contribution >= 4 is 38.4 Å². The molecule has 1 N–H and O–H groups in total. The molecule has 2 rings (SSSR count). The Morgan fingerprint density at radius 3 is 2.07 bits per heavy atom. The number of benzene rings is 1. The van der Waals surface area contributed by atoms with E-state index in [2.05, 4.69) is 56.7 Å². The van der Waals surface area contributed by atoms with Crippen LogP contribution in [-0.2, 0) is 27.2 Å². The van der Waals surface area contributed by atoms with Gasteiger partial charge in [-0.3, -0.25) is 4.79 Å². The van der Waals surface area contributed by atoms with Crippen molar-refractivity contribution in [3.63, 3.8) is 0 Å². The standard InChI is InChI=1S/C23H39NO3Si2/c1-11-27-21(26)23(24-20(25)22(2,3)4)14-16-12-17(28(5,6)7)13-19(18(16)15-23)29(8,9)10/h12-13H,11,14-15H2,1-10H3,(H,24,25). The van der Waals surface area contributed by atoms with Crippen molar-refractivity contribution < 1.29 is 14.3 Å². The first kappa shape index (κ1) is 23.9. The van der Waals surface area contributed by atoms with Gasteiger partial charge in [0.05, 0.1) is 22.8 Å². The van der Waals surface area contributed by atoms with Gasteiger partial charge in [0.15, 0.2) is 0 Å². The van der Waals surface area contributed by atoms with E-state index in [1.165, 1.54) is 21.5 Å². The van der Waals surface area contributed by atoms with Crippen LogP contribution in [0.5, 0.6) is 0 Å². The molecule has 0 heterocycles. The van der Waals surface area contributed by atoms with Gasteiger partial charge >= 0.3 is 5.97 Å². The van der Waals surface area contributed by atoms with Gasteiger partial charge in [0.1, 0.15) is 5.54 Å². The minimum atomic E-state index is -1.64. The highest BCUT2D eigenvalue weighted by atomic mass is 28.3. The van der Waals surface area contributed by atoms with Gasteiger partial charge in [0.25, 0.3) is 0 Å². The minimum Gasteiger partial charge on any atom is -0.464 e. The van der Waals surface area contributed by atoms with Gasteiger partial charge in [0, 0.05) is 18.3 Å². The molecular formula is C23H39NO3Si2. The molecule has 0 bridgehead atoms. The Kier molecular flexibility index (Phi) is 6.33. The van der Waals surface area contributed by atoms with Gasteiger partial charge in [-0.2, -0.15) is 0 Å². The summed E-state index contributed by atoms with van der Waals surface area (Å²) in [5, 5.41) is 5.96. The molecule has 0 aromatic heterocycles. The maximum absolute atomic E-state index is 13.1. The predicted molar refractivity (Wildman–Crippen MR) is 127 cm³/mol. The molecule has 0 saturated heterocycles. The van der Waals surface area contributed by atoms with Crippen LogP contribution in [0.4, 0.5) is 0 Å². The number of esters is 1. The van der Waals surface area contributed by atoms with Crippen LogP contribution in [0.2, 0.25) is 39.3 Å². The van der Waals surface area contributed by atoms with Gasteiger partial charge in [-0.1, -0.05) is 82.6 Å². The summed E-state index contributed by atoms with van der Waals surface area (Å²) in [6.45, 7) is 21.9. The van der Waals surface area contributed by atoms with Crippen LogP contribution in [0.25, 0.3) is 0 Å². The van der Waals surface area contributed by atoms with E-state index >= 15 is 0 Å².